The zero-order valence-electron chi connectivity index (χ0n) is 13.5. The molecule has 1 fully saturated rings. The maximum atomic E-state index is 12.6. The second kappa shape index (κ2) is 6.74. The molecule has 0 aromatic heterocycles. The number of carbonyl (C=O) groups excluding carboxylic acids is 2. The maximum Gasteiger partial charge on any atom is 0.322 e. The Balaban J connectivity index is 1.95. The predicted molar refractivity (Wildman–Crippen MR) is 90.7 cm³/mol. The zero-order chi connectivity index (χ0) is 17.0. The van der Waals surface area contributed by atoms with E-state index in [0.717, 1.165) is 18.6 Å². The van der Waals surface area contributed by atoms with Gasteiger partial charge in [0, 0.05) is 0 Å². The van der Waals surface area contributed by atoms with Gasteiger partial charge in [-0.15, -0.1) is 0 Å². The summed E-state index contributed by atoms with van der Waals surface area (Å²) in [5.74, 6) is 0.374. The molecule has 2 aromatic rings. The second-order valence-corrected chi connectivity index (χ2v) is 5.75. The van der Waals surface area contributed by atoms with Gasteiger partial charge in [-0.25, -0.2) is 4.79 Å². The van der Waals surface area contributed by atoms with Gasteiger partial charge in [0.25, 0.3) is 5.91 Å². The lowest BCUT2D eigenvalue weighted by atomic mass is 9.83. The summed E-state index contributed by atoms with van der Waals surface area (Å²) in [6, 6.07) is 16.0. The van der Waals surface area contributed by atoms with Crippen molar-refractivity contribution in [1.29, 1.82) is 0 Å². The number of imide groups is 1. The minimum atomic E-state index is -1.21. The van der Waals surface area contributed by atoms with E-state index in [2.05, 4.69) is 17.6 Å². The number of carbonyl (C=O) groups is 2. The van der Waals surface area contributed by atoms with Crippen LogP contribution in [0.4, 0.5) is 4.79 Å². The van der Waals surface area contributed by atoms with Gasteiger partial charge >= 0.3 is 6.03 Å². The highest BCUT2D eigenvalue weighted by Crippen LogP contribution is 2.33. The van der Waals surface area contributed by atoms with E-state index in [-0.39, 0.29) is 5.91 Å². The molecule has 1 aliphatic heterocycles. The van der Waals surface area contributed by atoms with Crippen molar-refractivity contribution in [1.82, 2.24) is 10.6 Å². The summed E-state index contributed by atoms with van der Waals surface area (Å²) in [6.45, 7) is 2.77. The zero-order valence-corrected chi connectivity index (χ0v) is 13.5. The fraction of sp³-hybridized carbons (Fsp3) is 0.263. The smallest absolute Gasteiger partial charge is 0.322 e. The van der Waals surface area contributed by atoms with E-state index in [1.54, 1.807) is 0 Å². The fourth-order valence-corrected chi connectivity index (χ4v) is 2.85. The molecule has 0 radical (unpaired) electrons. The largest absolute Gasteiger partial charge is 0.494 e. The minimum Gasteiger partial charge on any atom is -0.494 e. The SMILES string of the molecule is CCCCOc1ccc([C@@]2(c3ccccc3)NC(=O)NC2=O)cc1. The van der Waals surface area contributed by atoms with Crippen molar-refractivity contribution >= 4 is 11.9 Å². The minimum absolute atomic E-state index is 0.377. The van der Waals surface area contributed by atoms with Crippen molar-refractivity contribution in [2.75, 3.05) is 6.61 Å². The molecule has 1 saturated heterocycles. The summed E-state index contributed by atoms with van der Waals surface area (Å²) in [7, 11) is 0. The van der Waals surface area contributed by atoms with Gasteiger partial charge in [-0.05, 0) is 29.7 Å². The number of rotatable bonds is 6. The van der Waals surface area contributed by atoms with Gasteiger partial charge in [-0.1, -0.05) is 55.8 Å². The van der Waals surface area contributed by atoms with Crippen LogP contribution in [0.1, 0.15) is 30.9 Å². The van der Waals surface area contributed by atoms with Crippen LogP contribution in [0.25, 0.3) is 0 Å². The summed E-state index contributed by atoms with van der Waals surface area (Å²) in [6.07, 6.45) is 2.07. The van der Waals surface area contributed by atoms with Gasteiger partial charge in [-0.3, -0.25) is 10.1 Å². The molecule has 2 N–H and O–H groups in total. The number of hydrogen-bond donors (Lipinski definition) is 2. The lowest BCUT2D eigenvalue weighted by Gasteiger charge is -2.27. The van der Waals surface area contributed by atoms with Crippen molar-refractivity contribution in [3.63, 3.8) is 0 Å². The van der Waals surface area contributed by atoms with Crippen molar-refractivity contribution < 1.29 is 14.3 Å². The lowest BCUT2D eigenvalue weighted by Crippen LogP contribution is -2.44. The molecule has 1 heterocycles. The predicted octanol–water partition coefficient (Wildman–Crippen LogP) is 2.95. The summed E-state index contributed by atoms with van der Waals surface area (Å²) < 4.78 is 5.66. The number of ether oxygens (including phenoxy) is 1. The quantitative estimate of drug-likeness (QED) is 0.634. The van der Waals surface area contributed by atoms with Gasteiger partial charge in [0.2, 0.25) is 0 Å². The molecule has 5 heteroatoms. The maximum absolute atomic E-state index is 12.6. The van der Waals surface area contributed by atoms with Crippen LogP contribution in [0.5, 0.6) is 5.75 Å². The van der Waals surface area contributed by atoms with E-state index in [4.69, 9.17) is 4.74 Å². The number of urea groups is 1. The molecule has 1 aliphatic rings. The van der Waals surface area contributed by atoms with Crippen LogP contribution in [0.3, 0.4) is 0 Å². The Labute approximate surface area is 141 Å². The van der Waals surface area contributed by atoms with Gasteiger partial charge in [0.1, 0.15) is 5.75 Å². The van der Waals surface area contributed by atoms with Gasteiger partial charge < -0.3 is 10.1 Å². The molecule has 0 aliphatic carbocycles. The van der Waals surface area contributed by atoms with Crippen molar-refractivity contribution in [2.24, 2.45) is 0 Å². The van der Waals surface area contributed by atoms with Crippen LogP contribution >= 0.6 is 0 Å². The highest BCUT2D eigenvalue weighted by molar-refractivity contribution is 6.09. The molecule has 124 valence electrons. The second-order valence-electron chi connectivity index (χ2n) is 5.75. The molecule has 0 bridgehead atoms. The highest BCUT2D eigenvalue weighted by atomic mass is 16.5. The average molecular weight is 324 g/mol. The first-order valence-electron chi connectivity index (χ1n) is 8.09. The summed E-state index contributed by atoms with van der Waals surface area (Å²) in [5.41, 5.74) is 0.202. The molecule has 5 nitrogen and oxygen atoms in total. The lowest BCUT2D eigenvalue weighted by molar-refractivity contribution is -0.122. The molecule has 3 rings (SSSR count). The molecule has 0 spiro atoms. The van der Waals surface area contributed by atoms with E-state index in [9.17, 15) is 9.59 Å². The van der Waals surface area contributed by atoms with Crippen LogP contribution in [-0.2, 0) is 10.3 Å². The first-order valence-corrected chi connectivity index (χ1v) is 8.09. The van der Waals surface area contributed by atoms with E-state index in [1.165, 1.54) is 0 Å². The fourth-order valence-electron chi connectivity index (χ4n) is 2.85. The molecule has 24 heavy (non-hydrogen) atoms. The van der Waals surface area contributed by atoms with E-state index in [0.29, 0.717) is 17.7 Å². The normalized spacial score (nSPS) is 19.7. The van der Waals surface area contributed by atoms with Crippen molar-refractivity contribution in [3.05, 3.63) is 65.7 Å². The van der Waals surface area contributed by atoms with Gasteiger partial charge in [0.15, 0.2) is 5.54 Å². The number of amides is 3. The first kappa shape index (κ1) is 16.1. The Morgan fingerprint density at radius 2 is 1.62 bits per heavy atom. The first-order chi connectivity index (χ1) is 11.7. The molecule has 2 aromatic carbocycles. The molecular formula is C19H20N2O3. The Kier molecular flexibility index (Phi) is 4.51. The van der Waals surface area contributed by atoms with E-state index >= 15 is 0 Å². The van der Waals surface area contributed by atoms with Crippen LogP contribution in [0.15, 0.2) is 54.6 Å². The third kappa shape index (κ3) is 2.85. The summed E-state index contributed by atoms with van der Waals surface area (Å²) >= 11 is 0. The number of hydrogen-bond acceptors (Lipinski definition) is 3. The van der Waals surface area contributed by atoms with Crippen LogP contribution < -0.4 is 15.4 Å². The van der Waals surface area contributed by atoms with E-state index < -0.39 is 11.6 Å². The number of unbranched alkanes of at least 4 members (excludes halogenated alkanes) is 1. The Hall–Kier alpha value is -2.82. The third-order valence-corrected chi connectivity index (χ3v) is 4.13. The highest BCUT2D eigenvalue weighted by Gasteiger charge is 2.49. The molecule has 3 amide bonds. The summed E-state index contributed by atoms with van der Waals surface area (Å²) in [5, 5.41) is 5.12. The summed E-state index contributed by atoms with van der Waals surface area (Å²) in [4.78, 5) is 24.4. The van der Waals surface area contributed by atoms with Crippen LogP contribution in [0.2, 0.25) is 0 Å². The molecule has 0 unspecified atom stereocenters. The van der Waals surface area contributed by atoms with Crippen LogP contribution in [0, 0.1) is 0 Å². The van der Waals surface area contributed by atoms with Crippen molar-refractivity contribution in [2.45, 2.75) is 25.3 Å². The average Bonchev–Trinajstić information content (AvgIpc) is 2.92. The standard InChI is InChI=1S/C19H20N2O3/c1-2-3-13-24-16-11-9-15(10-12-16)19(14-7-5-4-6-8-14)17(22)20-18(23)21-19/h4-12H,2-3,13H2,1H3,(H2,20,21,22,23)/t19-/m1/s1. The Morgan fingerprint density at radius 3 is 2.21 bits per heavy atom. The monoisotopic (exact) mass is 324 g/mol. The molecule has 0 saturated carbocycles. The van der Waals surface area contributed by atoms with E-state index in [1.807, 2.05) is 54.6 Å². The van der Waals surface area contributed by atoms with Gasteiger partial charge in [-0.2, -0.15) is 0 Å². The molecule has 1 atom stereocenters. The van der Waals surface area contributed by atoms with Gasteiger partial charge in [0.05, 0.1) is 6.61 Å². The topological polar surface area (TPSA) is 67.4 Å². The van der Waals surface area contributed by atoms with Crippen LogP contribution in [-0.4, -0.2) is 18.5 Å². The number of nitrogens with one attached hydrogen (secondary N) is 2. The molecular weight excluding hydrogens is 304 g/mol. The Bertz CT molecular complexity index is 728. The third-order valence-electron chi connectivity index (χ3n) is 4.13. The van der Waals surface area contributed by atoms with Crippen molar-refractivity contribution in [3.8, 4) is 5.75 Å². The number of benzene rings is 2. The Morgan fingerprint density at radius 1 is 0.958 bits per heavy atom.